The Labute approximate surface area is 178 Å². The molecule has 0 N–H and O–H groups in total. The molecule has 1 aliphatic heterocycles. The lowest BCUT2D eigenvalue weighted by atomic mass is 9.75. The summed E-state index contributed by atoms with van der Waals surface area (Å²) >= 11 is 0. The monoisotopic (exact) mass is 394 g/mol. The number of allylic oxidation sites excluding steroid dienone is 1. The van der Waals surface area contributed by atoms with Crippen molar-refractivity contribution in [3.8, 4) is 0 Å². The zero-order chi connectivity index (χ0) is 20.4. The lowest BCUT2D eigenvalue weighted by Gasteiger charge is -2.39. The van der Waals surface area contributed by atoms with Gasteiger partial charge in [-0.3, -0.25) is 9.78 Å². The molecule has 1 aliphatic carbocycles. The van der Waals surface area contributed by atoms with Crippen LogP contribution in [-0.2, 0) is 10.2 Å². The van der Waals surface area contributed by atoms with Crippen molar-refractivity contribution in [1.29, 1.82) is 0 Å². The Kier molecular flexibility index (Phi) is 4.96. The summed E-state index contributed by atoms with van der Waals surface area (Å²) in [6, 6.07) is 25.0. The Bertz CT molecular complexity index is 1010. The third kappa shape index (κ3) is 3.45. The molecule has 1 aromatic heterocycles. The number of carbonyl (C=O) groups is 1. The van der Waals surface area contributed by atoms with Crippen LogP contribution in [0.3, 0.4) is 0 Å². The van der Waals surface area contributed by atoms with Crippen molar-refractivity contribution in [2.24, 2.45) is 0 Å². The zero-order valence-electron chi connectivity index (χ0n) is 17.1. The van der Waals surface area contributed by atoms with Crippen LogP contribution in [0.1, 0.15) is 47.6 Å². The predicted molar refractivity (Wildman–Crippen MR) is 120 cm³/mol. The van der Waals surface area contributed by atoms with Crippen LogP contribution in [0.5, 0.6) is 0 Å². The molecule has 150 valence electrons. The van der Waals surface area contributed by atoms with E-state index in [1.807, 2.05) is 24.4 Å². The highest BCUT2D eigenvalue weighted by Crippen LogP contribution is 2.43. The highest BCUT2D eigenvalue weighted by atomic mass is 16.2. The molecule has 0 bridgehead atoms. The SMILES string of the molecule is O=C(CC(c1ccccc1)c1ccccc1)N1CCC2(C=Cc3ncccc32)CC1. The molecule has 2 aliphatic rings. The maximum atomic E-state index is 13.3. The number of rotatable bonds is 4. The lowest BCUT2D eigenvalue weighted by Crippen LogP contribution is -2.44. The number of hydrogen-bond acceptors (Lipinski definition) is 2. The number of amides is 1. The van der Waals surface area contributed by atoms with Crippen molar-refractivity contribution in [1.82, 2.24) is 9.88 Å². The van der Waals surface area contributed by atoms with Crippen molar-refractivity contribution in [3.05, 3.63) is 107 Å². The summed E-state index contributed by atoms with van der Waals surface area (Å²) in [4.78, 5) is 19.9. The van der Waals surface area contributed by atoms with Gasteiger partial charge in [0.1, 0.15) is 0 Å². The van der Waals surface area contributed by atoms with Crippen molar-refractivity contribution in [3.63, 3.8) is 0 Å². The molecule has 3 nitrogen and oxygen atoms in total. The van der Waals surface area contributed by atoms with Gasteiger partial charge in [-0.15, -0.1) is 0 Å². The van der Waals surface area contributed by atoms with Crippen LogP contribution in [-0.4, -0.2) is 28.9 Å². The largest absolute Gasteiger partial charge is 0.343 e. The second-order valence-corrected chi connectivity index (χ2v) is 8.38. The highest BCUT2D eigenvalue weighted by molar-refractivity contribution is 5.78. The summed E-state index contributed by atoms with van der Waals surface area (Å²) in [5.74, 6) is 0.336. The summed E-state index contributed by atoms with van der Waals surface area (Å²) in [6.45, 7) is 1.60. The van der Waals surface area contributed by atoms with E-state index in [1.165, 1.54) is 16.7 Å². The molecule has 0 saturated carbocycles. The molecule has 1 amide bonds. The fraction of sp³-hybridized carbons (Fsp3) is 0.259. The number of benzene rings is 2. The summed E-state index contributed by atoms with van der Waals surface area (Å²) in [6.07, 6.45) is 8.75. The second kappa shape index (κ2) is 7.91. The predicted octanol–water partition coefficient (Wildman–Crippen LogP) is 5.19. The Balaban J connectivity index is 1.31. The third-order valence-electron chi connectivity index (χ3n) is 6.73. The van der Waals surface area contributed by atoms with Crippen molar-refractivity contribution in [2.45, 2.75) is 30.6 Å². The van der Waals surface area contributed by atoms with Crippen LogP contribution < -0.4 is 0 Å². The minimum atomic E-state index is 0.0542. The Morgan fingerprint density at radius 3 is 2.17 bits per heavy atom. The van der Waals surface area contributed by atoms with E-state index in [0.29, 0.717) is 6.42 Å². The molecular formula is C27H26N2O. The number of nitrogens with zero attached hydrogens (tertiary/aromatic N) is 2. The van der Waals surface area contributed by atoms with Gasteiger partial charge in [-0.05, 0) is 41.7 Å². The summed E-state index contributed by atoms with van der Waals surface area (Å²) < 4.78 is 0. The van der Waals surface area contributed by atoms with Gasteiger partial charge in [0, 0.05) is 37.0 Å². The topological polar surface area (TPSA) is 33.2 Å². The molecule has 30 heavy (non-hydrogen) atoms. The molecule has 1 fully saturated rings. The number of pyridine rings is 1. The fourth-order valence-corrected chi connectivity index (χ4v) is 4.99. The Hall–Kier alpha value is -3.20. The average Bonchev–Trinajstić information content (AvgIpc) is 3.17. The van der Waals surface area contributed by atoms with E-state index in [-0.39, 0.29) is 17.2 Å². The first-order valence-electron chi connectivity index (χ1n) is 10.8. The Morgan fingerprint density at radius 2 is 1.53 bits per heavy atom. The number of piperidine rings is 1. The van der Waals surface area contributed by atoms with Crippen molar-refractivity contribution < 1.29 is 4.79 Å². The molecule has 3 heteroatoms. The van der Waals surface area contributed by atoms with Crippen LogP contribution in [0.2, 0.25) is 0 Å². The van der Waals surface area contributed by atoms with Crippen LogP contribution in [0.4, 0.5) is 0 Å². The maximum absolute atomic E-state index is 13.3. The maximum Gasteiger partial charge on any atom is 0.223 e. The van der Waals surface area contributed by atoms with Gasteiger partial charge in [-0.1, -0.05) is 72.8 Å². The fourth-order valence-electron chi connectivity index (χ4n) is 4.99. The molecule has 0 unspecified atom stereocenters. The van der Waals surface area contributed by atoms with E-state index < -0.39 is 0 Å². The first-order valence-corrected chi connectivity index (χ1v) is 10.8. The van der Waals surface area contributed by atoms with Crippen molar-refractivity contribution >= 4 is 12.0 Å². The van der Waals surface area contributed by atoms with E-state index in [2.05, 4.69) is 76.6 Å². The smallest absolute Gasteiger partial charge is 0.223 e. The highest BCUT2D eigenvalue weighted by Gasteiger charge is 2.39. The molecule has 3 aromatic rings. The standard InChI is InChI=1S/C27H26N2O/c30-26(20-23(21-8-3-1-4-9-21)22-10-5-2-6-11-22)29-18-15-27(16-19-29)14-13-25-24(27)12-7-17-28-25/h1-14,17,23H,15-16,18-20H2. The lowest BCUT2D eigenvalue weighted by molar-refractivity contribution is -0.132. The number of fused-ring (bicyclic) bond motifs is 2. The van der Waals surface area contributed by atoms with Crippen LogP contribution in [0, 0.1) is 0 Å². The summed E-state index contributed by atoms with van der Waals surface area (Å²) in [7, 11) is 0. The first kappa shape index (κ1) is 18.8. The molecule has 5 rings (SSSR count). The van der Waals surface area contributed by atoms with Gasteiger partial charge >= 0.3 is 0 Å². The van der Waals surface area contributed by atoms with Crippen LogP contribution in [0.25, 0.3) is 6.08 Å². The number of likely N-dealkylation sites (tertiary alicyclic amines) is 1. The Morgan fingerprint density at radius 1 is 0.900 bits per heavy atom. The molecule has 1 saturated heterocycles. The van der Waals surface area contributed by atoms with Gasteiger partial charge in [0.05, 0.1) is 5.69 Å². The van der Waals surface area contributed by atoms with Gasteiger partial charge < -0.3 is 4.90 Å². The third-order valence-corrected chi connectivity index (χ3v) is 6.73. The quantitative estimate of drug-likeness (QED) is 0.610. The number of hydrogen-bond donors (Lipinski definition) is 0. The molecule has 2 aromatic carbocycles. The van der Waals surface area contributed by atoms with E-state index >= 15 is 0 Å². The zero-order valence-corrected chi connectivity index (χ0v) is 17.1. The van der Waals surface area contributed by atoms with Gasteiger partial charge in [0.25, 0.3) is 0 Å². The van der Waals surface area contributed by atoms with E-state index in [0.717, 1.165) is 31.6 Å². The van der Waals surface area contributed by atoms with Gasteiger partial charge in [-0.25, -0.2) is 0 Å². The van der Waals surface area contributed by atoms with E-state index in [4.69, 9.17) is 0 Å². The average molecular weight is 395 g/mol. The minimum absolute atomic E-state index is 0.0542. The van der Waals surface area contributed by atoms with Gasteiger partial charge in [-0.2, -0.15) is 0 Å². The summed E-state index contributed by atoms with van der Waals surface area (Å²) in [5.41, 5.74) is 4.86. The van der Waals surface area contributed by atoms with Gasteiger partial charge in [0.15, 0.2) is 0 Å². The minimum Gasteiger partial charge on any atom is -0.343 e. The first-order chi connectivity index (χ1) is 14.8. The molecule has 2 heterocycles. The van der Waals surface area contributed by atoms with Gasteiger partial charge in [0.2, 0.25) is 5.91 Å². The number of aromatic nitrogens is 1. The normalized spacial score (nSPS) is 16.8. The molecular weight excluding hydrogens is 368 g/mol. The van der Waals surface area contributed by atoms with E-state index in [1.54, 1.807) is 0 Å². The van der Waals surface area contributed by atoms with Crippen LogP contribution in [0.15, 0.2) is 85.1 Å². The second-order valence-electron chi connectivity index (χ2n) is 8.38. The van der Waals surface area contributed by atoms with E-state index in [9.17, 15) is 4.79 Å². The molecule has 1 spiro atoms. The van der Waals surface area contributed by atoms with Crippen molar-refractivity contribution in [2.75, 3.05) is 13.1 Å². The molecule has 0 radical (unpaired) electrons. The number of carbonyl (C=O) groups excluding carboxylic acids is 1. The summed E-state index contributed by atoms with van der Waals surface area (Å²) in [5, 5.41) is 0. The molecule has 0 atom stereocenters. The van der Waals surface area contributed by atoms with Crippen LogP contribution >= 0.6 is 0 Å².